The molecule has 0 amide bonds. The van der Waals surface area contributed by atoms with Crippen molar-refractivity contribution in [1.82, 2.24) is 0 Å². The summed E-state index contributed by atoms with van der Waals surface area (Å²) in [4.78, 5) is 10.6. The van der Waals surface area contributed by atoms with E-state index in [2.05, 4.69) is 0 Å². The molecule has 0 saturated carbocycles. The second-order valence-corrected chi connectivity index (χ2v) is 3.06. The van der Waals surface area contributed by atoms with Gasteiger partial charge in [0.2, 0.25) is 0 Å². The Balaban J connectivity index is 2.92. The van der Waals surface area contributed by atoms with Gasteiger partial charge in [-0.25, -0.2) is 0 Å². The van der Waals surface area contributed by atoms with Crippen molar-refractivity contribution in [2.75, 3.05) is 6.61 Å². The molecule has 13 heavy (non-hydrogen) atoms. The second kappa shape index (κ2) is 4.25. The Morgan fingerprint density at radius 2 is 1.92 bits per heavy atom. The number of hydrogen-bond donors (Lipinski definition) is 2. The highest BCUT2D eigenvalue weighted by Gasteiger charge is 2.17. The van der Waals surface area contributed by atoms with Crippen LogP contribution in [0.1, 0.15) is 11.5 Å². The monoisotopic (exact) mass is 200 g/mol. The van der Waals surface area contributed by atoms with Gasteiger partial charge >= 0.3 is 5.97 Å². The SMILES string of the molecule is O=C(O)[C@H](CO)c1ccc(Cl)cc1. The fourth-order valence-corrected chi connectivity index (χ4v) is 1.15. The van der Waals surface area contributed by atoms with Crippen LogP contribution in [0.4, 0.5) is 0 Å². The molecular formula is C9H9ClO3. The van der Waals surface area contributed by atoms with E-state index in [1.807, 2.05) is 0 Å². The zero-order chi connectivity index (χ0) is 9.84. The van der Waals surface area contributed by atoms with Gasteiger partial charge < -0.3 is 10.2 Å². The molecule has 70 valence electrons. The molecule has 1 atom stereocenters. The Labute approximate surface area is 80.6 Å². The van der Waals surface area contributed by atoms with Gasteiger partial charge in [0.1, 0.15) is 5.92 Å². The lowest BCUT2D eigenvalue weighted by molar-refractivity contribution is -0.139. The fourth-order valence-electron chi connectivity index (χ4n) is 1.02. The van der Waals surface area contributed by atoms with Crippen LogP contribution in [-0.4, -0.2) is 22.8 Å². The molecule has 0 unspecified atom stereocenters. The minimum absolute atomic E-state index is 0.406. The molecular weight excluding hydrogens is 192 g/mol. The summed E-state index contributed by atoms with van der Waals surface area (Å²) in [7, 11) is 0. The maximum atomic E-state index is 10.6. The number of aliphatic hydroxyl groups excluding tert-OH is 1. The van der Waals surface area contributed by atoms with E-state index in [4.69, 9.17) is 21.8 Å². The minimum atomic E-state index is -1.04. The molecule has 0 aromatic heterocycles. The molecule has 1 aromatic carbocycles. The molecule has 0 radical (unpaired) electrons. The van der Waals surface area contributed by atoms with Gasteiger partial charge in [0, 0.05) is 5.02 Å². The number of aliphatic hydroxyl groups is 1. The minimum Gasteiger partial charge on any atom is -0.481 e. The first-order valence-corrected chi connectivity index (χ1v) is 4.12. The summed E-state index contributed by atoms with van der Waals surface area (Å²) >= 11 is 5.63. The van der Waals surface area contributed by atoms with Crippen LogP contribution in [0.25, 0.3) is 0 Å². The Kier molecular flexibility index (Phi) is 3.28. The van der Waals surface area contributed by atoms with Crippen LogP contribution in [0.3, 0.4) is 0 Å². The number of carboxylic acid groups (broad SMARTS) is 1. The number of benzene rings is 1. The summed E-state index contributed by atoms with van der Waals surface area (Å²) in [5.41, 5.74) is 0.555. The smallest absolute Gasteiger partial charge is 0.313 e. The maximum Gasteiger partial charge on any atom is 0.313 e. The molecule has 1 aromatic rings. The van der Waals surface area contributed by atoms with E-state index in [0.717, 1.165) is 0 Å². The van der Waals surface area contributed by atoms with E-state index in [0.29, 0.717) is 10.6 Å². The number of carbonyl (C=O) groups is 1. The molecule has 0 heterocycles. The first-order valence-electron chi connectivity index (χ1n) is 3.74. The van der Waals surface area contributed by atoms with Crippen LogP contribution in [0.2, 0.25) is 5.02 Å². The van der Waals surface area contributed by atoms with Crippen molar-refractivity contribution in [3.63, 3.8) is 0 Å². The zero-order valence-corrected chi connectivity index (χ0v) is 7.53. The molecule has 0 fully saturated rings. The van der Waals surface area contributed by atoms with Gasteiger partial charge in [0.15, 0.2) is 0 Å². The average Bonchev–Trinajstić information content (AvgIpc) is 2.09. The molecule has 4 heteroatoms. The highest BCUT2D eigenvalue weighted by atomic mass is 35.5. The van der Waals surface area contributed by atoms with Crippen LogP contribution in [0.15, 0.2) is 24.3 Å². The summed E-state index contributed by atoms with van der Waals surface area (Å²) in [6.45, 7) is -0.406. The first kappa shape index (κ1) is 10.0. The standard InChI is InChI=1S/C9H9ClO3/c10-7-3-1-6(2-4-7)8(5-11)9(12)13/h1-4,8,11H,5H2,(H,12,13)/t8-/m1/s1. The van der Waals surface area contributed by atoms with Gasteiger partial charge in [0.05, 0.1) is 6.61 Å². The van der Waals surface area contributed by atoms with E-state index < -0.39 is 18.5 Å². The van der Waals surface area contributed by atoms with E-state index in [1.165, 1.54) is 0 Å². The van der Waals surface area contributed by atoms with Crippen LogP contribution in [-0.2, 0) is 4.79 Å². The third kappa shape index (κ3) is 2.44. The molecule has 2 N–H and O–H groups in total. The number of hydrogen-bond acceptors (Lipinski definition) is 2. The van der Waals surface area contributed by atoms with E-state index in [1.54, 1.807) is 24.3 Å². The lowest BCUT2D eigenvalue weighted by Gasteiger charge is -2.08. The van der Waals surface area contributed by atoms with Crippen LogP contribution in [0.5, 0.6) is 0 Å². The number of rotatable bonds is 3. The first-order chi connectivity index (χ1) is 6.15. The van der Waals surface area contributed by atoms with E-state index in [9.17, 15) is 4.79 Å². The lowest BCUT2D eigenvalue weighted by Crippen LogP contribution is -2.15. The van der Waals surface area contributed by atoms with Crippen LogP contribution in [0, 0.1) is 0 Å². The van der Waals surface area contributed by atoms with Gasteiger partial charge in [-0.3, -0.25) is 4.79 Å². The largest absolute Gasteiger partial charge is 0.481 e. The summed E-state index contributed by atoms with van der Waals surface area (Å²) in [5.74, 6) is -1.90. The molecule has 0 bridgehead atoms. The van der Waals surface area contributed by atoms with E-state index in [-0.39, 0.29) is 0 Å². The van der Waals surface area contributed by atoms with Crippen LogP contribution < -0.4 is 0 Å². The quantitative estimate of drug-likeness (QED) is 0.778. The summed E-state index contributed by atoms with van der Waals surface area (Å²) in [6.07, 6.45) is 0. The van der Waals surface area contributed by atoms with Gasteiger partial charge in [-0.2, -0.15) is 0 Å². The van der Waals surface area contributed by atoms with Crippen LogP contribution >= 0.6 is 11.6 Å². The van der Waals surface area contributed by atoms with Crippen molar-refractivity contribution in [1.29, 1.82) is 0 Å². The van der Waals surface area contributed by atoms with Crippen molar-refractivity contribution >= 4 is 17.6 Å². The molecule has 0 aliphatic carbocycles. The topological polar surface area (TPSA) is 57.5 Å². The van der Waals surface area contributed by atoms with Gasteiger partial charge in [0.25, 0.3) is 0 Å². The number of carboxylic acids is 1. The summed E-state index contributed by atoms with van der Waals surface area (Å²) in [5, 5.41) is 18.1. The molecule has 1 rings (SSSR count). The molecule has 0 aliphatic heterocycles. The molecule has 3 nitrogen and oxygen atoms in total. The lowest BCUT2D eigenvalue weighted by atomic mass is 10.0. The molecule has 0 aliphatic rings. The Bertz CT molecular complexity index is 294. The summed E-state index contributed by atoms with van der Waals surface area (Å²) < 4.78 is 0. The second-order valence-electron chi connectivity index (χ2n) is 2.62. The average molecular weight is 201 g/mol. The van der Waals surface area contributed by atoms with Crippen molar-refractivity contribution in [2.45, 2.75) is 5.92 Å². The number of aliphatic carboxylic acids is 1. The van der Waals surface area contributed by atoms with Gasteiger partial charge in [-0.05, 0) is 17.7 Å². The van der Waals surface area contributed by atoms with Crippen molar-refractivity contribution in [3.8, 4) is 0 Å². The normalized spacial score (nSPS) is 12.5. The van der Waals surface area contributed by atoms with Crippen molar-refractivity contribution in [3.05, 3.63) is 34.9 Å². The van der Waals surface area contributed by atoms with Crippen molar-refractivity contribution < 1.29 is 15.0 Å². The molecule has 0 spiro atoms. The highest BCUT2D eigenvalue weighted by molar-refractivity contribution is 6.30. The third-order valence-electron chi connectivity index (χ3n) is 1.75. The zero-order valence-electron chi connectivity index (χ0n) is 6.77. The molecule has 0 saturated heterocycles. The third-order valence-corrected chi connectivity index (χ3v) is 2.01. The Morgan fingerprint density at radius 1 is 1.38 bits per heavy atom. The Morgan fingerprint density at radius 3 is 2.31 bits per heavy atom. The van der Waals surface area contributed by atoms with E-state index >= 15 is 0 Å². The van der Waals surface area contributed by atoms with Crippen molar-refractivity contribution in [2.24, 2.45) is 0 Å². The van der Waals surface area contributed by atoms with Gasteiger partial charge in [-0.15, -0.1) is 0 Å². The predicted molar refractivity (Wildman–Crippen MR) is 48.9 cm³/mol. The number of halogens is 1. The highest BCUT2D eigenvalue weighted by Crippen LogP contribution is 2.18. The van der Waals surface area contributed by atoms with Gasteiger partial charge in [-0.1, -0.05) is 23.7 Å². The summed E-state index contributed by atoms with van der Waals surface area (Å²) in [6, 6.07) is 6.39. The Hall–Kier alpha value is -1.06. The predicted octanol–water partition coefficient (Wildman–Crippen LogP) is 1.50. The maximum absolute atomic E-state index is 10.6. The fraction of sp³-hybridized carbons (Fsp3) is 0.222.